The minimum atomic E-state index is -0.433. The van der Waals surface area contributed by atoms with E-state index in [0.29, 0.717) is 6.54 Å². The molecule has 2 N–H and O–H groups in total. The SMILES string of the molecule is C[C@@H](Sc1ccc([N+](=O)[O-])cc1)C(=O)NCc1ccccc1C[NH+](C)C. The first-order valence-electron chi connectivity index (χ1n) is 8.41. The van der Waals surface area contributed by atoms with Crippen LogP contribution in [0, 0.1) is 10.1 Å². The van der Waals surface area contributed by atoms with Gasteiger partial charge in [0.2, 0.25) is 5.91 Å². The van der Waals surface area contributed by atoms with Crippen LogP contribution in [0.1, 0.15) is 18.1 Å². The molecule has 0 radical (unpaired) electrons. The number of hydrogen-bond donors (Lipinski definition) is 2. The molecule has 2 aromatic carbocycles. The second kappa shape index (κ2) is 9.35. The van der Waals surface area contributed by atoms with Gasteiger partial charge in [-0.1, -0.05) is 24.3 Å². The van der Waals surface area contributed by atoms with Gasteiger partial charge >= 0.3 is 0 Å². The third-order valence-corrected chi connectivity index (χ3v) is 4.96. The Labute approximate surface area is 157 Å². The predicted molar refractivity (Wildman–Crippen MR) is 103 cm³/mol. The largest absolute Gasteiger partial charge is 0.351 e. The van der Waals surface area contributed by atoms with Gasteiger partial charge in [0.05, 0.1) is 24.3 Å². The maximum Gasteiger partial charge on any atom is 0.269 e. The summed E-state index contributed by atoms with van der Waals surface area (Å²) < 4.78 is 0. The maximum absolute atomic E-state index is 12.4. The quantitative estimate of drug-likeness (QED) is 0.421. The molecule has 2 aromatic rings. The van der Waals surface area contributed by atoms with Crippen LogP contribution in [0.25, 0.3) is 0 Å². The molecule has 138 valence electrons. The lowest BCUT2D eigenvalue weighted by Gasteiger charge is -2.15. The van der Waals surface area contributed by atoms with Gasteiger partial charge < -0.3 is 10.2 Å². The van der Waals surface area contributed by atoms with Crippen LogP contribution < -0.4 is 10.2 Å². The first kappa shape index (κ1) is 19.9. The second-order valence-electron chi connectivity index (χ2n) is 6.38. The number of nitrogens with one attached hydrogen (secondary N) is 2. The van der Waals surface area contributed by atoms with E-state index >= 15 is 0 Å². The highest BCUT2D eigenvalue weighted by atomic mass is 32.2. The summed E-state index contributed by atoms with van der Waals surface area (Å²) in [5.74, 6) is -0.0552. The zero-order chi connectivity index (χ0) is 19.1. The van der Waals surface area contributed by atoms with Crippen LogP contribution in [0.5, 0.6) is 0 Å². The van der Waals surface area contributed by atoms with Crippen molar-refractivity contribution in [2.24, 2.45) is 0 Å². The molecule has 1 atom stereocenters. The molecular weight excluding hydrogens is 350 g/mol. The van der Waals surface area contributed by atoms with E-state index in [1.165, 1.54) is 34.4 Å². The number of hydrogen-bond acceptors (Lipinski definition) is 4. The Balaban J connectivity index is 1.92. The van der Waals surface area contributed by atoms with Gasteiger partial charge in [-0.15, -0.1) is 11.8 Å². The summed E-state index contributed by atoms with van der Waals surface area (Å²) in [5.41, 5.74) is 2.39. The molecule has 7 heteroatoms. The lowest BCUT2D eigenvalue weighted by Crippen LogP contribution is -3.04. The number of carbonyl (C=O) groups excluding carboxylic acids is 1. The number of nitrogens with zero attached hydrogens (tertiary/aromatic N) is 1. The van der Waals surface area contributed by atoms with Gasteiger partial charge in [0, 0.05) is 29.1 Å². The summed E-state index contributed by atoms with van der Waals surface area (Å²) >= 11 is 1.38. The van der Waals surface area contributed by atoms with Crippen LogP contribution in [-0.4, -0.2) is 30.2 Å². The van der Waals surface area contributed by atoms with Crippen molar-refractivity contribution in [3.05, 3.63) is 69.8 Å². The molecule has 2 rings (SSSR count). The Morgan fingerprint density at radius 2 is 1.77 bits per heavy atom. The standard InChI is InChI=1S/C19H23N3O3S/c1-14(26-18-10-8-17(9-11-18)22(24)25)19(23)20-12-15-6-4-5-7-16(15)13-21(2)3/h4-11,14H,12-13H2,1-3H3,(H,20,23)/p+1/t14-/m1/s1. The van der Waals surface area contributed by atoms with Crippen LogP contribution in [0.4, 0.5) is 5.69 Å². The number of thioether (sulfide) groups is 1. The summed E-state index contributed by atoms with van der Waals surface area (Å²) in [5, 5.41) is 13.4. The highest BCUT2D eigenvalue weighted by Crippen LogP contribution is 2.25. The Morgan fingerprint density at radius 1 is 1.15 bits per heavy atom. The zero-order valence-corrected chi connectivity index (χ0v) is 16.0. The van der Waals surface area contributed by atoms with Gasteiger partial charge in [0.25, 0.3) is 5.69 Å². The van der Waals surface area contributed by atoms with E-state index in [1.54, 1.807) is 12.1 Å². The second-order valence-corrected chi connectivity index (χ2v) is 7.80. The molecule has 0 unspecified atom stereocenters. The smallest absolute Gasteiger partial charge is 0.269 e. The summed E-state index contributed by atoms with van der Waals surface area (Å²) in [4.78, 5) is 24.8. The fourth-order valence-corrected chi connectivity index (χ4v) is 3.41. The van der Waals surface area contributed by atoms with E-state index in [-0.39, 0.29) is 16.8 Å². The van der Waals surface area contributed by atoms with Crippen molar-refractivity contribution in [2.45, 2.75) is 30.2 Å². The Hall–Kier alpha value is -2.38. The van der Waals surface area contributed by atoms with Crippen LogP contribution >= 0.6 is 11.8 Å². The van der Waals surface area contributed by atoms with Gasteiger partial charge in [-0.05, 0) is 24.6 Å². The molecule has 1 amide bonds. The van der Waals surface area contributed by atoms with E-state index in [9.17, 15) is 14.9 Å². The van der Waals surface area contributed by atoms with Gasteiger partial charge in [-0.2, -0.15) is 0 Å². The molecule has 0 bridgehead atoms. The van der Waals surface area contributed by atoms with E-state index in [1.807, 2.05) is 25.1 Å². The number of rotatable bonds is 8. The van der Waals surface area contributed by atoms with E-state index in [0.717, 1.165) is 17.0 Å². The van der Waals surface area contributed by atoms with Crippen molar-refractivity contribution in [3.8, 4) is 0 Å². The number of amides is 1. The number of nitro benzene ring substituents is 1. The molecule has 0 aliphatic rings. The molecule has 0 aromatic heterocycles. The molecule has 6 nitrogen and oxygen atoms in total. The van der Waals surface area contributed by atoms with E-state index in [2.05, 4.69) is 25.5 Å². The van der Waals surface area contributed by atoms with Gasteiger partial charge in [-0.3, -0.25) is 14.9 Å². The highest BCUT2D eigenvalue weighted by Gasteiger charge is 2.15. The average molecular weight is 374 g/mol. The molecule has 0 fully saturated rings. The third-order valence-electron chi connectivity index (χ3n) is 3.85. The van der Waals surface area contributed by atoms with Crippen molar-refractivity contribution in [1.82, 2.24) is 5.32 Å². The number of non-ortho nitro benzene ring substituents is 1. The first-order chi connectivity index (χ1) is 12.4. The van der Waals surface area contributed by atoms with Crippen LogP contribution in [0.15, 0.2) is 53.4 Å². The number of quaternary nitrogens is 1. The summed E-state index contributed by atoms with van der Waals surface area (Å²) in [6.07, 6.45) is 0. The maximum atomic E-state index is 12.4. The van der Waals surface area contributed by atoms with Crippen molar-refractivity contribution >= 4 is 23.4 Å². The Bertz CT molecular complexity index is 763. The third kappa shape index (κ3) is 5.86. The molecule has 0 spiro atoms. The van der Waals surface area contributed by atoms with Crippen LogP contribution in [0.2, 0.25) is 0 Å². The van der Waals surface area contributed by atoms with Crippen molar-refractivity contribution in [1.29, 1.82) is 0 Å². The Morgan fingerprint density at radius 3 is 2.35 bits per heavy atom. The molecule has 0 aliphatic heterocycles. The molecule has 0 aliphatic carbocycles. The zero-order valence-electron chi connectivity index (χ0n) is 15.2. The van der Waals surface area contributed by atoms with Crippen LogP contribution in [0.3, 0.4) is 0 Å². The van der Waals surface area contributed by atoms with E-state index in [4.69, 9.17) is 0 Å². The fraction of sp³-hybridized carbons (Fsp3) is 0.316. The summed E-state index contributed by atoms with van der Waals surface area (Å²) in [6.45, 7) is 3.23. The van der Waals surface area contributed by atoms with Crippen molar-refractivity contribution < 1.29 is 14.6 Å². The monoisotopic (exact) mass is 374 g/mol. The minimum Gasteiger partial charge on any atom is -0.351 e. The predicted octanol–water partition coefficient (Wildman–Crippen LogP) is 2.04. The number of benzene rings is 2. The number of nitro groups is 1. The van der Waals surface area contributed by atoms with Gasteiger partial charge in [-0.25, -0.2) is 0 Å². The lowest BCUT2D eigenvalue weighted by molar-refractivity contribution is -0.872. The van der Waals surface area contributed by atoms with E-state index < -0.39 is 4.92 Å². The summed E-state index contributed by atoms with van der Waals surface area (Å²) in [6, 6.07) is 14.3. The van der Waals surface area contributed by atoms with Crippen molar-refractivity contribution in [3.63, 3.8) is 0 Å². The number of carbonyl (C=O) groups is 1. The Kier molecular flexibility index (Phi) is 7.17. The van der Waals surface area contributed by atoms with Crippen LogP contribution in [-0.2, 0) is 17.9 Å². The minimum absolute atomic E-state index is 0.0473. The average Bonchev–Trinajstić information content (AvgIpc) is 2.60. The first-order valence-corrected chi connectivity index (χ1v) is 9.29. The molecule has 0 saturated carbocycles. The normalized spacial score (nSPS) is 12.0. The molecular formula is C19H24N3O3S+. The topological polar surface area (TPSA) is 76.7 Å². The lowest BCUT2D eigenvalue weighted by atomic mass is 10.1. The van der Waals surface area contributed by atoms with Gasteiger partial charge in [0.15, 0.2) is 0 Å². The molecule has 0 saturated heterocycles. The molecule has 26 heavy (non-hydrogen) atoms. The summed E-state index contributed by atoms with van der Waals surface area (Å²) in [7, 11) is 4.19. The highest BCUT2D eigenvalue weighted by molar-refractivity contribution is 8.00. The van der Waals surface area contributed by atoms with Gasteiger partial charge in [0.1, 0.15) is 6.54 Å². The molecule has 0 heterocycles. The van der Waals surface area contributed by atoms with Crippen molar-refractivity contribution in [2.75, 3.05) is 14.1 Å². The fourth-order valence-electron chi connectivity index (χ4n) is 2.51.